The Hall–Kier alpha value is -3.60. The third kappa shape index (κ3) is 5.27. The maximum atomic E-state index is 14.6. The minimum Gasteiger partial charge on any atom is -0.380 e. The molecule has 41 heavy (non-hydrogen) atoms. The molecular weight excluding hydrogens is 538 g/mol. The molecule has 7 nitrogen and oxygen atoms in total. The van der Waals surface area contributed by atoms with Gasteiger partial charge in [0.2, 0.25) is 0 Å². The number of carbonyl (C=O) groups excluding carboxylic acids is 1. The van der Waals surface area contributed by atoms with Gasteiger partial charge in [0.15, 0.2) is 5.82 Å². The Labute approximate surface area is 236 Å². The van der Waals surface area contributed by atoms with Gasteiger partial charge in [-0.25, -0.2) is 9.18 Å². The fourth-order valence-electron chi connectivity index (χ4n) is 6.26. The Balaban J connectivity index is 1.28. The van der Waals surface area contributed by atoms with Crippen LogP contribution in [0.3, 0.4) is 0 Å². The number of fused-ring (bicyclic) bond motifs is 1. The summed E-state index contributed by atoms with van der Waals surface area (Å²) in [6, 6.07) is 9.87. The van der Waals surface area contributed by atoms with E-state index in [1.54, 1.807) is 21.7 Å². The molecule has 0 aliphatic carbocycles. The van der Waals surface area contributed by atoms with Crippen molar-refractivity contribution < 1.29 is 27.1 Å². The molecule has 3 aliphatic rings. The smallest absolute Gasteiger partial charge is 0.380 e. The number of anilines is 2. The van der Waals surface area contributed by atoms with E-state index in [1.165, 1.54) is 23.1 Å². The second-order valence-electron chi connectivity index (χ2n) is 11.8. The van der Waals surface area contributed by atoms with Crippen LogP contribution in [0.1, 0.15) is 42.0 Å². The lowest BCUT2D eigenvalue weighted by Crippen LogP contribution is -2.54. The van der Waals surface area contributed by atoms with Crippen LogP contribution >= 0.6 is 0 Å². The summed E-state index contributed by atoms with van der Waals surface area (Å²) in [6.07, 6.45) is -1.41. The van der Waals surface area contributed by atoms with E-state index in [0.717, 1.165) is 17.2 Å². The average molecular weight is 572 g/mol. The number of urea groups is 1. The SMILES string of the molecule is Cc1cccc(F)c1N1CCC(N2Cc3cn(CC4(C)COC4)nc3N(Cc3ccccc3C(F)(F)F)C2=O)CC1. The second kappa shape index (κ2) is 10.3. The first-order valence-corrected chi connectivity index (χ1v) is 13.9. The zero-order valence-corrected chi connectivity index (χ0v) is 23.1. The van der Waals surface area contributed by atoms with Crippen LogP contribution in [0.15, 0.2) is 48.7 Å². The van der Waals surface area contributed by atoms with E-state index in [1.807, 2.05) is 24.1 Å². The highest BCUT2D eigenvalue weighted by Crippen LogP contribution is 2.38. The molecule has 0 unspecified atom stereocenters. The van der Waals surface area contributed by atoms with Gasteiger partial charge in [-0.15, -0.1) is 0 Å². The number of hydrogen-bond acceptors (Lipinski definition) is 4. The van der Waals surface area contributed by atoms with Crippen molar-refractivity contribution >= 4 is 17.5 Å². The first kappa shape index (κ1) is 27.6. The van der Waals surface area contributed by atoms with Crippen molar-refractivity contribution in [3.63, 3.8) is 0 Å². The van der Waals surface area contributed by atoms with Gasteiger partial charge in [-0.3, -0.25) is 9.58 Å². The minimum absolute atomic E-state index is 0.0138. The monoisotopic (exact) mass is 571 g/mol. The van der Waals surface area contributed by atoms with E-state index in [-0.39, 0.29) is 35.4 Å². The second-order valence-corrected chi connectivity index (χ2v) is 11.8. The topological polar surface area (TPSA) is 53.8 Å². The average Bonchev–Trinajstić information content (AvgIpc) is 3.31. The van der Waals surface area contributed by atoms with Crippen LogP contribution in [0.2, 0.25) is 0 Å². The summed E-state index contributed by atoms with van der Waals surface area (Å²) in [5.41, 5.74) is 1.40. The summed E-state index contributed by atoms with van der Waals surface area (Å²) in [6.45, 7) is 6.97. The van der Waals surface area contributed by atoms with E-state index in [0.29, 0.717) is 63.7 Å². The number of halogens is 4. The molecule has 0 spiro atoms. The van der Waals surface area contributed by atoms with Crippen molar-refractivity contribution in [1.29, 1.82) is 0 Å². The molecule has 0 radical (unpaired) electrons. The number of aromatic nitrogens is 2. The molecule has 0 bridgehead atoms. The molecule has 11 heteroatoms. The number of ether oxygens (including phenoxy) is 1. The molecule has 2 saturated heterocycles. The Morgan fingerprint density at radius 2 is 1.80 bits per heavy atom. The number of hydrogen-bond donors (Lipinski definition) is 0. The summed E-state index contributed by atoms with van der Waals surface area (Å²) in [5, 5.41) is 4.70. The summed E-state index contributed by atoms with van der Waals surface area (Å²) in [7, 11) is 0. The van der Waals surface area contributed by atoms with Crippen LogP contribution in [-0.2, 0) is 30.5 Å². The van der Waals surface area contributed by atoms with Crippen molar-refractivity contribution in [3.05, 3.63) is 76.7 Å². The summed E-state index contributed by atoms with van der Waals surface area (Å²) in [4.78, 5) is 19.1. The van der Waals surface area contributed by atoms with Gasteiger partial charge in [0.05, 0.1) is 44.1 Å². The molecule has 2 aromatic carbocycles. The van der Waals surface area contributed by atoms with Crippen molar-refractivity contribution in [1.82, 2.24) is 14.7 Å². The Kier molecular flexibility index (Phi) is 6.96. The van der Waals surface area contributed by atoms with E-state index in [2.05, 4.69) is 6.92 Å². The van der Waals surface area contributed by atoms with Gasteiger partial charge in [0, 0.05) is 36.3 Å². The number of carbonyl (C=O) groups is 1. The molecule has 2 amide bonds. The zero-order chi connectivity index (χ0) is 28.9. The maximum absolute atomic E-state index is 14.6. The van der Waals surface area contributed by atoms with E-state index < -0.39 is 11.7 Å². The lowest BCUT2D eigenvalue weighted by Gasteiger charge is -2.43. The number of rotatable bonds is 6. The summed E-state index contributed by atoms with van der Waals surface area (Å²) in [5.74, 6) is 0.126. The third-order valence-corrected chi connectivity index (χ3v) is 8.39. The van der Waals surface area contributed by atoms with Crippen molar-refractivity contribution in [2.75, 3.05) is 36.1 Å². The summed E-state index contributed by atoms with van der Waals surface area (Å²) >= 11 is 0. The van der Waals surface area contributed by atoms with Crippen molar-refractivity contribution in [2.45, 2.75) is 58.5 Å². The van der Waals surface area contributed by atoms with Gasteiger partial charge in [0.1, 0.15) is 5.82 Å². The number of benzene rings is 2. The van der Waals surface area contributed by atoms with Gasteiger partial charge < -0.3 is 14.5 Å². The molecule has 2 fully saturated rings. The molecule has 218 valence electrons. The molecule has 1 aromatic heterocycles. The lowest BCUT2D eigenvalue weighted by atomic mass is 9.89. The number of nitrogens with zero attached hydrogens (tertiary/aromatic N) is 5. The Morgan fingerprint density at radius 3 is 2.46 bits per heavy atom. The van der Waals surface area contributed by atoms with Crippen LogP contribution in [0.5, 0.6) is 0 Å². The first-order valence-electron chi connectivity index (χ1n) is 13.9. The van der Waals surface area contributed by atoms with Crippen LogP contribution in [0.4, 0.5) is 33.9 Å². The lowest BCUT2D eigenvalue weighted by molar-refractivity contribution is -0.138. The van der Waals surface area contributed by atoms with Crippen LogP contribution in [-0.4, -0.2) is 53.1 Å². The molecule has 0 saturated carbocycles. The number of piperidine rings is 1. The molecule has 6 rings (SSSR count). The van der Waals surface area contributed by atoms with E-state index in [9.17, 15) is 22.4 Å². The van der Waals surface area contributed by atoms with Crippen molar-refractivity contribution in [2.24, 2.45) is 5.41 Å². The van der Waals surface area contributed by atoms with Crippen LogP contribution in [0.25, 0.3) is 0 Å². The number of aryl methyl sites for hydroxylation is 1. The zero-order valence-electron chi connectivity index (χ0n) is 23.1. The van der Waals surface area contributed by atoms with Crippen molar-refractivity contribution in [3.8, 4) is 0 Å². The van der Waals surface area contributed by atoms with Gasteiger partial charge in [-0.05, 0) is 43.0 Å². The highest BCUT2D eigenvalue weighted by molar-refractivity contribution is 5.94. The van der Waals surface area contributed by atoms with E-state index >= 15 is 0 Å². The number of para-hydroxylation sites is 1. The fraction of sp³-hybridized carbons (Fsp3) is 0.467. The maximum Gasteiger partial charge on any atom is 0.416 e. The quantitative estimate of drug-likeness (QED) is 0.341. The van der Waals surface area contributed by atoms with Gasteiger partial charge >= 0.3 is 12.2 Å². The highest BCUT2D eigenvalue weighted by atomic mass is 19.4. The predicted octanol–water partition coefficient (Wildman–Crippen LogP) is 6.00. The largest absolute Gasteiger partial charge is 0.416 e. The minimum atomic E-state index is -4.55. The number of amides is 2. The first-order chi connectivity index (χ1) is 19.5. The summed E-state index contributed by atoms with van der Waals surface area (Å²) < 4.78 is 63.4. The van der Waals surface area contributed by atoms with Gasteiger partial charge in [0.25, 0.3) is 0 Å². The van der Waals surface area contributed by atoms with Crippen LogP contribution in [0, 0.1) is 18.2 Å². The molecule has 0 N–H and O–H groups in total. The van der Waals surface area contributed by atoms with Gasteiger partial charge in [-0.2, -0.15) is 18.3 Å². The third-order valence-electron chi connectivity index (χ3n) is 8.39. The van der Waals surface area contributed by atoms with Gasteiger partial charge in [-0.1, -0.05) is 37.3 Å². The Morgan fingerprint density at radius 1 is 1.07 bits per heavy atom. The fourth-order valence-corrected chi connectivity index (χ4v) is 6.26. The molecule has 3 aromatic rings. The Bertz CT molecular complexity index is 1420. The molecule has 4 heterocycles. The molecular formula is C30H33F4N5O2. The van der Waals surface area contributed by atoms with E-state index in [4.69, 9.17) is 9.84 Å². The normalized spacial score (nSPS) is 19.4. The molecule has 0 atom stereocenters. The highest BCUT2D eigenvalue weighted by Gasteiger charge is 2.41. The van der Waals surface area contributed by atoms with Crippen LogP contribution < -0.4 is 9.80 Å². The standard InChI is InChI=1S/C30H33F4N5O2/c1-20-6-5-9-25(31)26(20)36-12-10-23(11-13-36)38-16-22-14-37(17-29(2)18-41-19-29)35-27(22)39(28(38)40)15-21-7-3-4-8-24(21)30(32,33)34/h3-9,14,23H,10-13,15-19H2,1-2H3. The predicted molar refractivity (Wildman–Crippen MR) is 146 cm³/mol. The molecule has 3 aliphatic heterocycles. The number of alkyl halides is 3.